The molecule has 0 unspecified atom stereocenters. The van der Waals surface area contributed by atoms with E-state index in [2.05, 4.69) is 10.3 Å². The van der Waals surface area contributed by atoms with Gasteiger partial charge in [-0.3, -0.25) is 23.9 Å². The Bertz CT molecular complexity index is 674. The second kappa shape index (κ2) is 5.29. The molecule has 2 rings (SSSR count). The Labute approximate surface area is 112 Å². The maximum Gasteiger partial charge on any atom is 0.330 e. The number of hydrogen-bond acceptors (Lipinski definition) is 5. The summed E-state index contributed by atoms with van der Waals surface area (Å²) in [7, 11) is 1.43. The summed E-state index contributed by atoms with van der Waals surface area (Å²) in [6, 6.07) is 0. The number of methoxy groups -OCH3 is 1. The minimum atomic E-state index is -1.29. The molecule has 1 aromatic rings. The fourth-order valence-electron chi connectivity index (χ4n) is 2.12. The Kier molecular flexibility index (Phi) is 3.70. The van der Waals surface area contributed by atoms with Gasteiger partial charge in [0, 0.05) is 13.5 Å². The fourth-order valence-corrected chi connectivity index (χ4v) is 2.12. The Morgan fingerprint density at radius 2 is 2.15 bits per heavy atom. The molecule has 108 valence electrons. The van der Waals surface area contributed by atoms with Crippen LogP contribution in [0.2, 0.25) is 0 Å². The molecule has 1 atom stereocenters. The molecule has 1 aromatic heterocycles. The SMILES string of the molecule is COCCn1c2c(c(=O)[nH]c1=O)[C@H](C(=O)O)CC(=O)N2. The molecule has 0 aromatic carbocycles. The van der Waals surface area contributed by atoms with Gasteiger partial charge in [-0.25, -0.2) is 4.79 Å². The molecule has 0 saturated carbocycles. The van der Waals surface area contributed by atoms with Gasteiger partial charge in [-0.05, 0) is 0 Å². The topological polar surface area (TPSA) is 130 Å². The van der Waals surface area contributed by atoms with E-state index < -0.39 is 29.0 Å². The number of aliphatic carboxylic acids is 1. The molecule has 9 heteroatoms. The van der Waals surface area contributed by atoms with Crippen molar-refractivity contribution in [2.45, 2.75) is 18.9 Å². The lowest BCUT2D eigenvalue weighted by Crippen LogP contribution is -2.42. The van der Waals surface area contributed by atoms with Crippen LogP contribution >= 0.6 is 0 Å². The van der Waals surface area contributed by atoms with Gasteiger partial charge in [0.1, 0.15) is 5.82 Å². The summed E-state index contributed by atoms with van der Waals surface area (Å²) in [6.07, 6.45) is -0.339. The summed E-state index contributed by atoms with van der Waals surface area (Å²) in [5, 5.41) is 11.5. The number of carboxylic acid groups (broad SMARTS) is 1. The number of H-pyrrole nitrogens is 1. The lowest BCUT2D eigenvalue weighted by molar-refractivity contribution is -0.140. The van der Waals surface area contributed by atoms with Gasteiger partial charge < -0.3 is 15.2 Å². The molecule has 0 aliphatic carbocycles. The number of aromatic nitrogens is 2. The lowest BCUT2D eigenvalue weighted by atomic mass is 9.93. The smallest absolute Gasteiger partial charge is 0.330 e. The van der Waals surface area contributed by atoms with E-state index in [1.807, 2.05) is 0 Å². The molecule has 2 heterocycles. The van der Waals surface area contributed by atoms with Gasteiger partial charge in [-0.1, -0.05) is 0 Å². The highest BCUT2D eigenvalue weighted by atomic mass is 16.5. The summed E-state index contributed by atoms with van der Waals surface area (Å²) in [5.74, 6) is -3.18. The van der Waals surface area contributed by atoms with Crippen LogP contribution in [0.25, 0.3) is 0 Å². The van der Waals surface area contributed by atoms with Crippen LogP contribution in [0.4, 0.5) is 5.82 Å². The predicted molar refractivity (Wildman–Crippen MR) is 66.8 cm³/mol. The van der Waals surface area contributed by atoms with Crippen LogP contribution in [-0.4, -0.2) is 40.3 Å². The van der Waals surface area contributed by atoms with Crippen molar-refractivity contribution in [3.05, 3.63) is 26.4 Å². The number of carbonyl (C=O) groups is 2. The van der Waals surface area contributed by atoms with E-state index in [4.69, 9.17) is 9.84 Å². The molecule has 20 heavy (non-hydrogen) atoms. The van der Waals surface area contributed by atoms with Gasteiger partial charge in [-0.2, -0.15) is 0 Å². The van der Waals surface area contributed by atoms with Crippen molar-refractivity contribution in [2.75, 3.05) is 19.0 Å². The first-order chi connectivity index (χ1) is 9.45. The van der Waals surface area contributed by atoms with Crippen molar-refractivity contribution in [1.82, 2.24) is 9.55 Å². The minimum absolute atomic E-state index is 0.0700. The van der Waals surface area contributed by atoms with Crippen LogP contribution in [0.1, 0.15) is 17.9 Å². The Balaban J connectivity index is 2.66. The van der Waals surface area contributed by atoms with Crippen molar-refractivity contribution in [3.8, 4) is 0 Å². The first-order valence-corrected chi connectivity index (χ1v) is 5.84. The largest absolute Gasteiger partial charge is 0.481 e. The quantitative estimate of drug-likeness (QED) is 0.629. The highest BCUT2D eigenvalue weighted by Gasteiger charge is 2.35. The van der Waals surface area contributed by atoms with E-state index in [1.165, 1.54) is 7.11 Å². The molecule has 0 bridgehead atoms. The average Bonchev–Trinajstić information content (AvgIpc) is 2.37. The normalized spacial score (nSPS) is 17.4. The van der Waals surface area contributed by atoms with Crippen LogP contribution < -0.4 is 16.6 Å². The standard InChI is InChI=1S/C11H13N3O6/c1-20-3-2-14-8-7(9(16)13-11(14)19)5(10(17)18)4-6(15)12-8/h5H,2-4H2,1H3,(H,12,15)(H,17,18)(H,13,16,19)/t5-/m1/s1. The number of fused-ring (bicyclic) bond motifs is 1. The number of rotatable bonds is 4. The number of nitrogens with one attached hydrogen (secondary N) is 2. The van der Waals surface area contributed by atoms with Gasteiger partial charge in [-0.15, -0.1) is 0 Å². The van der Waals surface area contributed by atoms with Crippen LogP contribution in [0, 0.1) is 0 Å². The lowest BCUT2D eigenvalue weighted by Gasteiger charge is -2.24. The molecular weight excluding hydrogens is 270 g/mol. The average molecular weight is 283 g/mol. The van der Waals surface area contributed by atoms with E-state index in [0.717, 1.165) is 4.57 Å². The molecule has 1 amide bonds. The second-order valence-electron chi connectivity index (χ2n) is 4.31. The van der Waals surface area contributed by atoms with Crippen molar-refractivity contribution in [1.29, 1.82) is 0 Å². The summed E-state index contributed by atoms with van der Waals surface area (Å²) < 4.78 is 5.93. The third-order valence-corrected chi connectivity index (χ3v) is 3.05. The van der Waals surface area contributed by atoms with E-state index in [1.54, 1.807) is 0 Å². The van der Waals surface area contributed by atoms with E-state index in [9.17, 15) is 19.2 Å². The summed E-state index contributed by atoms with van der Waals surface area (Å²) in [5.41, 5.74) is -1.64. The van der Waals surface area contributed by atoms with E-state index >= 15 is 0 Å². The Morgan fingerprint density at radius 1 is 1.45 bits per heavy atom. The molecule has 0 spiro atoms. The van der Waals surface area contributed by atoms with Crippen LogP contribution in [0.3, 0.4) is 0 Å². The van der Waals surface area contributed by atoms with Crippen molar-refractivity contribution >= 4 is 17.7 Å². The number of amides is 1. The number of hydrogen-bond donors (Lipinski definition) is 3. The van der Waals surface area contributed by atoms with Crippen molar-refractivity contribution in [2.24, 2.45) is 0 Å². The number of ether oxygens (including phenoxy) is 1. The number of aromatic amines is 1. The van der Waals surface area contributed by atoms with Crippen molar-refractivity contribution in [3.63, 3.8) is 0 Å². The molecule has 9 nitrogen and oxygen atoms in total. The van der Waals surface area contributed by atoms with Crippen LogP contribution in [-0.2, 0) is 20.9 Å². The van der Waals surface area contributed by atoms with Gasteiger partial charge in [0.15, 0.2) is 0 Å². The minimum Gasteiger partial charge on any atom is -0.481 e. The number of carbonyl (C=O) groups excluding carboxylic acids is 1. The summed E-state index contributed by atoms with van der Waals surface area (Å²) >= 11 is 0. The van der Waals surface area contributed by atoms with Gasteiger partial charge >= 0.3 is 11.7 Å². The van der Waals surface area contributed by atoms with Gasteiger partial charge in [0.05, 0.1) is 24.6 Å². The van der Waals surface area contributed by atoms with E-state index in [0.29, 0.717) is 0 Å². The highest BCUT2D eigenvalue weighted by molar-refractivity contribution is 5.98. The summed E-state index contributed by atoms with van der Waals surface area (Å²) in [4.78, 5) is 48.4. The van der Waals surface area contributed by atoms with Crippen molar-refractivity contribution < 1.29 is 19.4 Å². The second-order valence-corrected chi connectivity index (χ2v) is 4.31. The zero-order chi connectivity index (χ0) is 14.9. The monoisotopic (exact) mass is 283 g/mol. The molecule has 1 aliphatic heterocycles. The maximum atomic E-state index is 11.8. The molecule has 3 N–H and O–H groups in total. The third kappa shape index (κ3) is 2.35. The first kappa shape index (κ1) is 14.0. The Morgan fingerprint density at radius 3 is 2.75 bits per heavy atom. The zero-order valence-corrected chi connectivity index (χ0v) is 10.6. The van der Waals surface area contributed by atoms with Crippen LogP contribution in [0.15, 0.2) is 9.59 Å². The molecule has 0 fully saturated rings. The van der Waals surface area contributed by atoms with Gasteiger partial charge in [0.2, 0.25) is 5.91 Å². The third-order valence-electron chi connectivity index (χ3n) is 3.05. The van der Waals surface area contributed by atoms with Gasteiger partial charge in [0.25, 0.3) is 5.56 Å². The highest BCUT2D eigenvalue weighted by Crippen LogP contribution is 2.28. The Hall–Kier alpha value is -2.42. The van der Waals surface area contributed by atoms with E-state index in [-0.39, 0.29) is 31.0 Å². The van der Waals surface area contributed by atoms with Crippen LogP contribution in [0.5, 0.6) is 0 Å². The number of anilines is 1. The fraction of sp³-hybridized carbons (Fsp3) is 0.455. The molecule has 0 radical (unpaired) electrons. The number of carboxylic acids is 1. The predicted octanol–water partition coefficient (Wildman–Crippen LogP) is -1.31. The zero-order valence-electron chi connectivity index (χ0n) is 10.6. The maximum absolute atomic E-state index is 11.8. The summed E-state index contributed by atoms with van der Waals surface area (Å²) in [6.45, 7) is 0.257. The first-order valence-electron chi connectivity index (χ1n) is 5.84. The molecule has 0 saturated heterocycles. The number of nitrogens with zero attached hydrogens (tertiary/aromatic N) is 1. The molecule has 1 aliphatic rings. The molecular formula is C11H13N3O6.